The molecular formula is C12H17N3O3. The first-order valence-electron chi connectivity index (χ1n) is 5.47. The van der Waals surface area contributed by atoms with E-state index in [9.17, 15) is 9.59 Å². The highest BCUT2D eigenvalue weighted by atomic mass is 16.5. The van der Waals surface area contributed by atoms with Crippen molar-refractivity contribution in [3.05, 3.63) is 29.8 Å². The minimum absolute atomic E-state index is 0.117. The van der Waals surface area contributed by atoms with Gasteiger partial charge in [-0.05, 0) is 17.7 Å². The van der Waals surface area contributed by atoms with E-state index < -0.39 is 5.91 Å². The van der Waals surface area contributed by atoms with Crippen molar-refractivity contribution >= 4 is 11.8 Å². The lowest BCUT2D eigenvalue weighted by molar-refractivity contribution is -0.135. The SMILES string of the molecule is CN(CC(N)=O)C(=O)COc1ccc(CN)cc1. The van der Waals surface area contributed by atoms with Crippen LogP contribution in [0.3, 0.4) is 0 Å². The molecule has 0 atom stereocenters. The number of nitrogens with zero attached hydrogens (tertiary/aromatic N) is 1. The summed E-state index contributed by atoms with van der Waals surface area (Å²) in [5.41, 5.74) is 11.4. The molecule has 1 aromatic rings. The molecule has 0 heterocycles. The molecule has 0 fully saturated rings. The standard InChI is InChI=1S/C12H17N3O3/c1-15(7-11(14)16)12(17)8-18-10-4-2-9(6-13)3-5-10/h2-5H,6-8,13H2,1H3,(H2,14,16). The lowest BCUT2D eigenvalue weighted by Crippen LogP contribution is -2.38. The molecule has 4 N–H and O–H groups in total. The van der Waals surface area contributed by atoms with Crippen LogP contribution in [0.15, 0.2) is 24.3 Å². The van der Waals surface area contributed by atoms with Gasteiger partial charge in [0.05, 0.1) is 6.54 Å². The number of carbonyl (C=O) groups excluding carboxylic acids is 2. The smallest absolute Gasteiger partial charge is 0.260 e. The average Bonchev–Trinajstić information content (AvgIpc) is 2.35. The molecule has 0 aromatic heterocycles. The Bertz CT molecular complexity index is 417. The van der Waals surface area contributed by atoms with E-state index in [2.05, 4.69) is 0 Å². The van der Waals surface area contributed by atoms with Gasteiger partial charge in [-0.1, -0.05) is 12.1 Å². The fourth-order valence-electron chi connectivity index (χ4n) is 1.30. The van der Waals surface area contributed by atoms with E-state index in [1.54, 1.807) is 12.1 Å². The Balaban J connectivity index is 2.44. The van der Waals surface area contributed by atoms with Crippen molar-refractivity contribution in [1.82, 2.24) is 4.90 Å². The predicted molar refractivity (Wildman–Crippen MR) is 66.7 cm³/mol. The Morgan fingerprint density at radius 1 is 1.28 bits per heavy atom. The van der Waals surface area contributed by atoms with Crippen LogP contribution < -0.4 is 16.2 Å². The molecule has 0 aliphatic heterocycles. The molecule has 1 aromatic carbocycles. The number of nitrogens with two attached hydrogens (primary N) is 2. The average molecular weight is 251 g/mol. The minimum Gasteiger partial charge on any atom is -0.484 e. The zero-order valence-corrected chi connectivity index (χ0v) is 10.3. The second-order valence-corrected chi connectivity index (χ2v) is 3.85. The molecule has 0 radical (unpaired) electrons. The fourth-order valence-corrected chi connectivity index (χ4v) is 1.30. The number of hydrogen-bond acceptors (Lipinski definition) is 4. The maximum absolute atomic E-state index is 11.5. The first-order valence-corrected chi connectivity index (χ1v) is 5.47. The van der Waals surface area contributed by atoms with Gasteiger partial charge < -0.3 is 21.1 Å². The Morgan fingerprint density at radius 2 is 1.89 bits per heavy atom. The van der Waals surface area contributed by atoms with Gasteiger partial charge in [0.1, 0.15) is 5.75 Å². The molecule has 1 rings (SSSR count). The number of rotatable bonds is 6. The monoisotopic (exact) mass is 251 g/mol. The Labute approximate surface area is 105 Å². The van der Waals surface area contributed by atoms with Gasteiger partial charge in [-0.2, -0.15) is 0 Å². The molecule has 0 unspecified atom stereocenters. The molecule has 18 heavy (non-hydrogen) atoms. The van der Waals surface area contributed by atoms with E-state index in [4.69, 9.17) is 16.2 Å². The van der Waals surface area contributed by atoms with E-state index in [0.29, 0.717) is 12.3 Å². The second-order valence-electron chi connectivity index (χ2n) is 3.85. The summed E-state index contributed by atoms with van der Waals surface area (Å²) in [7, 11) is 1.49. The summed E-state index contributed by atoms with van der Waals surface area (Å²) in [5.74, 6) is -0.289. The Kier molecular flexibility index (Phi) is 5.13. The molecule has 0 spiro atoms. The summed E-state index contributed by atoms with van der Waals surface area (Å²) in [6, 6.07) is 7.13. The van der Waals surface area contributed by atoms with Crippen LogP contribution in [0.1, 0.15) is 5.56 Å². The zero-order valence-electron chi connectivity index (χ0n) is 10.3. The Hall–Kier alpha value is -2.08. The van der Waals surface area contributed by atoms with Crippen LogP contribution >= 0.6 is 0 Å². The molecule has 0 saturated carbocycles. The lowest BCUT2D eigenvalue weighted by atomic mass is 10.2. The second kappa shape index (κ2) is 6.61. The quantitative estimate of drug-likeness (QED) is 0.709. The van der Waals surface area contributed by atoms with Crippen molar-refractivity contribution in [2.24, 2.45) is 11.5 Å². The molecule has 0 bridgehead atoms. The van der Waals surface area contributed by atoms with Gasteiger partial charge in [-0.3, -0.25) is 9.59 Å². The summed E-state index contributed by atoms with van der Waals surface area (Å²) >= 11 is 0. The summed E-state index contributed by atoms with van der Waals surface area (Å²) in [4.78, 5) is 23.4. The highest BCUT2D eigenvalue weighted by Crippen LogP contribution is 2.11. The van der Waals surface area contributed by atoms with Gasteiger partial charge >= 0.3 is 0 Å². The van der Waals surface area contributed by atoms with Gasteiger partial charge in [0, 0.05) is 13.6 Å². The van der Waals surface area contributed by atoms with Crippen molar-refractivity contribution in [3.63, 3.8) is 0 Å². The highest BCUT2D eigenvalue weighted by Gasteiger charge is 2.11. The first-order chi connectivity index (χ1) is 8.52. The Morgan fingerprint density at radius 3 is 2.39 bits per heavy atom. The predicted octanol–water partition coefficient (Wildman–Crippen LogP) is -0.532. The molecular weight excluding hydrogens is 234 g/mol. The largest absolute Gasteiger partial charge is 0.484 e. The molecule has 6 nitrogen and oxygen atoms in total. The van der Waals surface area contributed by atoms with E-state index >= 15 is 0 Å². The first kappa shape index (κ1) is 14.0. The van der Waals surface area contributed by atoms with E-state index in [-0.39, 0.29) is 19.1 Å². The number of primary amides is 1. The van der Waals surface area contributed by atoms with Crippen LogP contribution in [0, 0.1) is 0 Å². The minimum atomic E-state index is -0.557. The lowest BCUT2D eigenvalue weighted by Gasteiger charge is -2.15. The van der Waals surface area contributed by atoms with Crippen LogP contribution in [0.4, 0.5) is 0 Å². The number of hydrogen-bond donors (Lipinski definition) is 2. The van der Waals surface area contributed by atoms with Crippen LogP contribution in [0.2, 0.25) is 0 Å². The molecule has 6 heteroatoms. The third-order valence-corrected chi connectivity index (χ3v) is 2.34. The molecule has 0 aliphatic rings. The van der Waals surface area contributed by atoms with E-state index in [0.717, 1.165) is 5.56 Å². The van der Waals surface area contributed by atoms with Gasteiger partial charge in [0.2, 0.25) is 5.91 Å². The zero-order chi connectivity index (χ0) is 13.5. The van der Waals surface area contributed by atoms with Gasteiger partial charge in [0.25, 0.3) is 5.91 Å². The number of ether oxygens (including phenoxy) is 1. The maximum Gasteiger partial charge on any atom is 0.260 e. The molecule has 0 aliphatic carbocycles. The third-order valence-electron chi connectivity index (χ3n) is 2.34. The van der Waals surface area contributed by atoms with Crippen LogP contribution in [0.5, 0.6) is 5.75 Å². The van der Waals surface area contributed by atoms with Crippen molar-refractivity contribution in [3.8, 4) is 5.75 Å². The fraction of sp³-hybridized carbons (Fsp3) is 0.333. The summed E-state index contributed by atoms with van der Waals surface area (Å²) < 4.78 is 5.29. The number of carbonyl (C=O) groups is 2. The normalized spacial score (nSPS) is 9.89. The van der Waals surface area contributed by atoms with Gasteiger partial charge in [-0.25, -0.2) is 0 Å². The number of amides is 2. The van der Waals surface area contributed by atoms with Crippen LogP contribution in [0.25, 0.3) is 0 Å². The molecule has 98 valence electrons. The van der Waals surface area contributed by atoms with Crippen molar-refractivity contribution in [2.75, 3.05) is 20.2 Å². The van der Waals surface area contributed by atoms with Gasteiger partial charge in [-0.15, -0.1) is 0 Å². The van der Waals surface area contributed by atoms with Crippen LogP contribution in [-0.2, 0) is 16.1 Å². The molecule has 2 amide bonds. The van der Waals surface area contributed by atoms with Gasteiger partial charge in [0.15, 0.2) is 6.61 Å². The van der Waals surface area contributed by atoms with E-state index in [1.165, 1.54) is 11.9 Å². The summed E-state index contributed by atoms with van der Waals surface area (Å²) in [6.07, 6.45) is 0. The third kappa shape index (κ3) is 4.42. The number of benzene rings is 1. The molecule has 0 saturated heterocycles. The van der Waals surface area contributed by atoms with E-state index in [1.807, 2.05) is 12.1 Å². The number of likely N-dealkylation sites (N-methyl/N-ethyl adjacent to an activating group) is 1. The summed E-state index contributed by atoms with van der Waals surface area (Å²) in [6.45, 7) is 0.209. The van der Waals surface area contributed by atoms with Crippen molar-refractivity contribution in [2.45, 2.75) is 6.54 Å². The highest BCUT2D eigenvalue weighted by molar-refractivity contribution is 5.84. The van der Waals surface area contributed by atoms with Crippen molar-refractivity contribution in [1.29, 1.82) is 0 Å². The maximum atomic E-state index is 11.5. The van der Waals surface area contributed by atoms with Crippen LogP contribution in [-0.4, -0.2) is 36.9 Å². The van der Waals surface area contributed by atoms with Crippen molar-refractivity contribution < 1.29 is 14.3 Å². The summed E-state index contributed by atoms with van der Waals surface area (Å²) in [5, 5.41) is 0. The topological polar surface area (TPSA) is 98.6 Å².